The van der Waals surface area contributed by atoms with Crippen molar-refractivity contribution in [2.24, 2.45) is 5.41 Å². The smallest absolute Gasteiger partial charge is 0.159 e. The van der Waals surface area contributed by atoms with Crippen molar-refractivity contribution in [1.82, 2.24) is 4.98 Å². The van der Waals surface area contributed by atoms with Crippen molar-refractivity contribution in [3.63, 3.8) is 0 Å². The fourth-order valence-electron chi connectivity index (χ4n) is 3.09. The molecule has 0 spiro atoms. The molecule has 1 aliphatic heterocycles. The van der Waals surface area contributed by atoms with Crippen molar-refractivity contribution >= 4 is 11.6 Å². The molecule has 0 saturated carbocycles. The normalized spacial score (nSPS) is 21.2. The minimum atomic E-state index is -0.0121. The Balaban J connectivity index is 1.92. The van der Waals surface area contributed by atoms with Crippen LogP contribution in [0.1, 0.15) is 49.7 Å². The van der Waals surface area contributed by atoms with Crippen LogP contribution in [0.5, 0.6) is 0 Å². The molecule has 1 aromatic heterocycles. The Labute approximate surface area is 149 Å². The summed E-state index contributed by atoms with van der Waals surface area (Å²) in [6, 6.07) is 14.0. The van der Waals surface area contributed by atoms with Gasteiger partial charge < -0.3 is 9.64 Å². The summed E-state index contributed by atoms with van der Waals surface area (Å²) in [5, 5.41) is 0. The van der Waals surface area contributed by atoms with Gasteiger partial charge in [0.1, 0.15) is 11.9 Å². The highest BCUT2D eigenvalue weighted by Crippen LogP contribution is 2.35. The topological polar surface area (TPSA) is 42.4 Å². The van der Waals surface area contributed by atoms with Gasteiger partial charge in [0.15, 0.2) is 5.78 Å². The van der Waals surface area contributed by atoms with E-state index in [-0.39, 0.29) is 23.4 Å². The highest BCUT2D eigenvalue weighted by molar-refractivity contribution is 5.94. The van der Waals surface area contributed by atoms with E-state index in [1.807, 2.05) is 24.3 Å². The van der Waals surface area contributed by atoms with Gasteiger partial charge in [0.25, 0.3) is 0 Å². The lowest BCUT2D eigenvalue weighted by Gasteiger charge is -2.44. The number of ketones is 1. The van der Waals surface area contributed by atoms with Gasteiger partial charge in [-0.2, -0.15) is 0 Å². The summed E-state index contributed by atoms with van der Waals surface area (Å²) in [6.07, 6.45) is 1.78. The lowest BCUT2D eigenvalue weighted by molar-refractivity contribution is -0.0792. The third-order valence-electron chi connectivity index (χ3n) is 4.71. The predicted molar refractivity (Wildman–Crippen MR) is 100.0 cm³/mol. The van der Waals surface area contributed by atoms with Gasteiger partial charge >= 0.3 is 0 Å². The van der Waals surface area contributed by atoms with Crippen LogP contribution in [0.3, 0.4) is 0 Å². The lowest BCUT2D eigenvalue weighted by atomic mass is 9.87. The zero-order valence-electron chi connectivity index (χ0n) is 15.4. The Morgan fingerprint density at radius 1 is 1.16 bits per heavy atom. The maximum absolute atomic E-state index is 11.7. The van der Waals surface area contributed by atoms with Gasteiger partial charge in [-0.05, 0) is 30.0 Å². The largest absolute Gasteiger partial charge is 0.366 e. The molecule has 1 aromatic carbocycles. The Morgan fingerprint density at radius 3 is 2.52 bits per heavy atom. The van der Waals surface area contributed by atoms with Crippen molar-refractivity contribution in [1.29, 1.82) is 0 Å². The number of Topliss-reactive ketones (excluding diaryl/α,β-unsaturated/α-hetero) is 1. The third kappa shape index (κ3) is 4.07. The number of hydrogen-bond donors (Lipinski definition) is 0. The number of pyridine rings is 1. The number of rotatable bonds is 3. The second-order valence-corrected chi connectivity index (χ2v) is 7.75. The average Bonchev–Trinajstić information content (AvgIpc) is 2.61. The van der Waals surface area contributed by atoms with Crippen LogP contribution in [0.2, 0.25) is 0 Å². The molecule has 25 heavy (non-hydrogen) atoms. The van der Waals surface area contributed by atoms with Crippen LogP contribution in [-0.2, 0) is 4.74 Å². The monoisotopic (exact) mass is 338 g/mol. The van der Waals surface area contributed by atoms with Crippen LogP contribution in [0.15, 0.2) is 48.7 Å². The first-order valence-electron chi connectivity index (χ1n) is 8.77. The number of morpholine rings is 1. The summed E-state index contributed by atoms with van der Waals surface area (Å²) in [6.45, 7) is 9.67. The van der Waals surface area contributed by atoms with Gasteiger partial charge in [0.05, 0.1) is 6.10 Å². The van der Waals surface area contributed by atoms with E-state index in [9.17, 15) is 4.79 Å². The van der Waals surface area contributed by atoms with Crippen LogP contribution in [0.4, 0.5) is 5.82 Å². The Morgan fingerprint density at radius 2 is 1.88 bits per heavy atom. The van der Waals surface area contributed by atoms with Gasteiger partial charge in [-0.3, -0.25) is 4.79 Å². The summed E-state index contributed by atoms with van der Waals surface area (Å²) in [4.78, 5) is 18.5. The van der Waals surface area contributed by atoms with Crippen LogP contribution >= 0.6 is 0 Å². The van der Waals surface area contributed by atoms with E-state index in [1.54, 1.807) is 19.2 Å². The quantitative estimate of drug-likeness (QED) is 0.784. The number of carbonyl (C=O) groups is 1. The van der Waals surface area contributed by atoms with E-state index in [2.05, 4.69) is 42.8 Å². The van der Waals surface area contributed by atoms with Gasteiger partial charge in [-0.15, -0.1) is 0 Å². The number of hydrogen-bond acceptors (Lipinski definition) is 4. The Kier molecular flexibility index (Phi) is 4.91. The van der Waals surface area contributed by atoms with Crippen LogP contribution in [0.25, 0.3) is 0 Å². The summed E-state index contributed by atoms with van der Waals surface area (Å²) >= 11 is 0. The molecular formula is C21H26N2O2. The third-order valence-corrected chi connectivity index (χ3v) is 4.71. The highest BCUT2D eigenvalue weighted by atomic mass is 16.5. The number of ether oxygens (including phenoxy) is 1. The first-order chi connectivity index (χ1) is 11.8. The molecule has 1 aliphatic rings. The first-order valence-corrected chi connectivity index (χ1v) is 8.77. The standard InChI is InChI=1S/C21H26N2O2/c1-15(24)17-10-11-22-20(12-17)23-13-18(16-8-6-5-7-9-16)25-19(14-23)21(2,3)4/h5-12,18-19H,13-14H2,1-4H3/t18-,19+/m0/s1. The molecule has 0 aliphatic carbocycles. The van der Waals surface area contributed by atoms with Crippen LogP contribution < -0.4 is 4.90 Å². The fourth-order valence-corrected chi connectivity index (χ4v) is 3.09. The molecule has 0 N–H and O–H groups in total. The number of carbonyl (C=O) groups excluding carboxylic acids is 1. The Bertz CT molecular complexity index is 737. The maximum atomic E-state index is 11.7. The SMILES string of the molecule is CC(=O)c1ccnc(N2C[C@@H](c3ccccc3)O[C@@H](C(C)(C)C)C2)c1. The molecule has 3 rings (SSSR count). The van der Waals surface area contributed by atoms with E-state index in [0.29, 0.717) is 5.56 Å². The minimum absolute atomic E-state index is 0.0121. The van der Waals surface area contributed by atoms with Crippen LogP contribution in [-0.4, -0.2) is 30.0 Å². The zero-order chi connectivity index (χ0) is 18.0. The van der Waals surface area contributed by atoms with Gasteiger partial charge in [0, 0.05) is 24.8 Å². The van der Waals surface area contributed by atoms with Gasteiger partial charge in [-0.1, -0.05) is 51.1 Å². The molecule has 1 fully saturated rings. The molecule has 4 nitrogen and oxygen atoms in total. The predicted octanol–water partition coefficient (Wildman–Crippen LogP) is 4.28. The molecule has 132 valence electrons. The summed E-state index contributed by atoms with van der Waals surface area (Å²) in [5.74, 6) is 0.898. The lowest BCUT2D eigenvalue weighted by Crippen LogP contribution is -2.49. The van der Waals surface area contributed by atoms with E-state index in [1.165, 1.54) is 5.56 Å². The molecule has 0 unspecified atom stereocenters. The second-order valence-electron chi connectivity index (χ2n) is 7.75. The van der Waals surface area contributed by atoms with E-state index in [0.717, 1.165) is 18.9 Å². The number of nitrogens with zero attached hydrogens (tertiary/aromatic N) is 2. The van der Waals surface area contributed by atoms with Crippen molar-refractivity contribution in [3.8, 4) is 0 Å². The van der Waals surface area contributed by atoms with Gasteiger partial charge in [-0.25, -0.2) is 4.98 Å². The maximum Gasteiger partial charge on any atom is 0.159 e. The molecule has 1 saturated heterocycles. The van der Waals surface area contributed by atoms with Crippen molar-refractivity contribution in [2.75, 3.05) is 18.0 Å². The molecule has 2 aromatic rings. The molecule has 0 radical (unpaired) electrons. The zero-order valence-corrected chi connectivity index (χ0v) is 15.4. The first kappa shape index (κ1) is 17.6. The number of aromatic nitrogens is 1. The highest BCUT2D eigenvalue weighted by Gasteiger charge is 2.36. The van der Waals surface area contributed by atoms with Crippen molar-refractivity contribution < 1.29 is 9.53 Å². The number of anilines is 1. The fraction of sp³-hybridized carbons (Fsp3) is 0.429. The molecular weight excluding hydrogens is 312 g/mol. The minimum Gasteiger partial charge on any atom is -0.366 e. The van der Waals surface area contributed by atoms with E-state index >= 15 is 0 Å². The van der Waals surface area contributed by atoms with Crippen molar-refractivity contribution in [3.05, 3.63) is 59.8 Å². The molecule has 2 atom stereocenters. The summed E-state index contributed by atoms with van der Waals surface area (Å²) in [5.41, 5.74) is 1.88. The van der Waals surface area contributed by atoms with E-state index < -0.39 is 0 Å². The summed E-state index contributed by atoms with van der Waals surface area (Å²) < 4.78 is 6.43. The summed E-state index contributed by atoms with van der Waals surface area (Å²) in [7, 11) is 0. The van der Waals surface area contributed by atoms with Crippen molar-refractivity contribution in [2.45, 2.75) is 39.9 Å². The molecule has 0 bridgehead atoms. The molecule has 0 amide bonds. The second kappa shape index (κ2) is 6.96. The van der Waals surface area contributed by atoms with Gasteiger partial charge in [0.2, 0.25) is 0 Å². The molecule has 4 heteroatoms. The van der Waals surface area contributed by atoms with Crippen LogP contribution in [0, 0.1) is 5.41 Å². The number of benzene rings is 1. The Hall–Kier alpha value is -2.20. The molecule has 2 heterocycles. The van der Waals surface area contributed by atoms with E-state index in [4.69, 9.17) is 4.74 Å². The average molecular weight is 338 g/mol.